The molecule has 0 radical (unpaired) electrons. The lowest BCUT2D eigenvalue weighted by Gasteiger charge is -2.21. The number of nitrogens with zero attached hydrogens (tertiary/aromatic N) is 1. The van der Waals surface area contributed by atoms with Crippen molar-refractivity contribution >= 4 is 21.6 Å². The highest BCUT2D eigenvalue weighted by Gasteiger charge is 2.18. The van der Waals surface area contributed by atoms with Gasteiger partial charge >= 0.3 is 0 Å². The summed E-state index contributed by atoms with van der Waals surface area (Å²) in [5.74, 6) is 0. The third-order valence-electron chi connectivity index (χ3n) is 3.10. The fourth-order valence-corrected chi connectivity index (χ4v) is 3.17. The van der Waals surface area contributed by atoms with E-state index in [-0.39, 0.29) is 12.1 Å². The highest BCUT2D eigenvalue weighted by Crippen LogP contribution is 2.23. The average molecular weight is 264 g/mol. The fourth-order valence-electron chi connectivity index (χ4n) is 2.13. The minimum Gasteiger partial charge on any atom is -0.380 e. The quantitative estimate of drug-likeness (QED) is 0.872. The third-order valence-corrected chi connectivity index (χ3v) is 4.16. The van der Waals surface area contributed by atoms with Gasteiger partial charge in [-0.1, -0.05) is 25.5 Å². The summed E-state index contributed by atoms with van der Waals surface area (Å²) < 4.78 is 6.68. The Morgan fingerprint density at radius 2 is 2.17 bits per heavy atom. The first kappa shape index (κ1) is 13.5. The number of rotatable bonds is 6. The Bertz CT molecular complexity index is 464. The molecule has 0 aliphatic heterocycles. The number of ether oxygens (including phenoxy) is 1. The fraction of sp³-hybridized carbons (Fsp3) is 0.500. The first-order valence-electron chi connectivity index (χ1n) is 6.37. The Kier molecular flexibility index (Phi) is 4.69. The molecule has 3 nitrogen and oxygen atoms in total. The number of fused-ring (bicyclic) bond motifs is 1. The molecular formula is C14H20N2OS. The number of hydrogen-bond donors (Lipinski definition) is 1. The molecule has 2 N–H and O–H groups in total. The maximum absolute atomic E-state index is 6.21. The Hall–Kier alpha value is -0.970. The van der Waals surface area contributed by atoms with E-state index in [0.717, 1.165) is 29.8 Å². The molecule has 0 fully saturated rings. The molecule has 0 aliphatic carbocycles. The summed E-state index contributed by atoms with van der Waals surface area (Å²) in [6.45, 7) is 2.15. The second-order valence-corrected chi connectivity index (χ2v) is 5.62. The highest BCUT2D eigenvalue weighted by atomic mass is 32.1. The van der Waals surface area contributed by atoms with Crippen LogP contribution in [0.3, 0.4) is 0 Å². The molecule has 0 spiro atoms. The van der Waals surface area contributed by atoms with E-state index in [4.69, 9.17) is 10.5 Å². The largest absolute Gasteiger partial charge is 0.380 e. The molecule has 4 heteroatoms. The molecule has 0 bridgehead atoms. The molecule has 0 aliphatic rings. The van der Waals surface area contributed by atoms with Gasteiger partial charge in [0.25, 0.3) is 0 Å². The Morgan fingerprint density at radius 3 is 2.83 bits per heavy atom. The molecule has 18 heavy (non-hydrogen) atoms. The number of hydrogen-bond acceptors (Lipinski definition) is 4. The molecule has 0 saturated carbocycles. The monoisotopic (exact) mass is 264 g/mol. The van der Waals surface area contributed by atoms with E-state index in [9.17, 15) is 0 Å². The molecule has 2 atom stereocenters. The van der Waals surface area contributed by atoms with Crippen LogP contribution in [0.5, 0.6) is 0 Å². The van der Waals surface area contributed by atoms with E-state index >= 15 is 0 Å². The van der Waals surface area contributed by atoms with Crippen molar-refractivity contribution in [3.05, 3.63) is 29.3 Å². The Morgan fingerprint density at radius 1 is 1.39 bits per heavy atom. The number of aromatic nitrogens is 1. The average Bonchev–Trinajstić information content (AvgIpc) is 2.77. The lowest BCUT2D eigenvalue weighted by Crippen LogP contribution is -2.37. The van der Waals surface area contributed by atoms with E-state index in [1.54, 1.807) is 18.4 Å². The van der Waals surface area contributed by atoms with Gasteiger partial charge in [-0.3, -0.25) is 0 Å². The van der Waals surface area contributed by atoms with Gasteiger partial charge in [-0.25, -0.2) is 4.98 Å². The van der Waals surface area contributed by atoms with Gasteiger partial charge in [-0.15, -0.1) is 11.3 Å². The highest BCUT2D eigenvalue weighted by molar-refractivity contribution is 7.18. The Labute approximate surface area is 112 Å². The van der Waals surface area contributed by atoms with Crippen LogP contribution in [0.4, 0.5) is 0 Å². The van der Waals surface area contributed by atoms with Crippen LogP contribution >= 0.6 is 11.3 Å². The van der Waals surface area contributed by atoms with Crippen molar-refractivity contribution in [2.45, 2.75) is 38.3 Å². The topological polar surface area (TPSA) is 48.1 Å². The third kappa shape index (κ3) is 3.07. The van der Waals surface area contributed by atoms with Gasteiger partial charge in [0.15, 0.2) is 0 Å². The number of methoxy groups -OCH3 is 1. The second kappa shape index (κ2) is 6.27. The maximum Gasteiger partial charge on any atom is 0.0955 e. The molecule has 0 saturated heterocycles. The number of para-hydroxylation sites is 1. The van der Waals surface area contributed by atoms with Gasteiger partial charge in [0.05, 0.1) is 21.3 Å². The van der Waals surface area contributed by atoms with E-state index in [2.05, 4.69) is 18.0 Å². The zero-order valence-corrected chi connectivity index (χ0v) is 11.7. The van der Waals surface area contributed by atoms with Crippen LogP contribution in [-0.4, -0.2) is 24.2 Å². The predicted octanol–water partition coefficient (Wildman–Crippen LogP) is 2.98. The van der Waals surface area contributed by atoms with Crippen molar-refractivity contribution in [2.75, 3.05) is 7.11 Å². The van der Waals surface area contributed by atoms with Gasteiger partial charge < -0.3 is 10.5 Å². The van der Waals surface area contributed by atoms with Gasteiger partial charge in [0.2, 0.25) is 0 Å². The van der Waals surface area contributed by atoms with Gasteiger partial charge in [0.1, 0.15) is 0 Å². The summed E-state index contributed by atoms with van der Waals surface area (Å²) >= 11 is 1.72. The van der Waals surface area contributed by atoms with E-state index in [0.29, 0.717) is 0 Å². The van der Waals surface area contributed by atoms with Crippen LogP contribution in [0.2, 0.25) is 0 Å². The van der Waals surface area contributed by atoms with E-state index in [1.807, 2.05) is 18.2 Å². The van der Waals surface area contributed by atoms with Crippen molar-refractivity contribution in [2.24, 2.45) is 5.73 Å². The number of thiazole rings is 1. The minimum atomic E-state index is 0.0236. The van der Waals surface area contributed by atoms with Crippen LogP contribution in [0.15, 0.2) is 24.3 Å². The molecule has 1 aromatic heterocycles. The molecule has 2 rings (SSSR count). The molecule has 1 heterocycles. The van der Waals surface area contributed by atoms with Gasteiger partial charge in [-0.2, -0.15) is 0 Å². The van der Waals surface area contributed by atoms with Crippen LogP contribution in [0, 0.1) is 0 Å². The zero-order chi connectivity index (χ0) is 13.0. The van der Waals surface area contributed by atoms with Crippen molar-refractivity contribution in [3.63, 3.8) is 0 Å². The molecule has 98 valence electrons. The first-order chi connectivity index (χ1) is 8.74. The molecule has 2 aromatic rings. The van der Waals surface area contributed by atoms with Crippen molar-refractivity contribution in [1.82, 2.24) is 4.98 Å². The number of benzene rings is 1. The van der Waals surface area contributed by atoms with Gasteiger partial charge in [0, 0.05) is 19.6 Å². The summed E-state index contributed by atoms with van der Waals surface area (Å²) in [4.78, 5) is 4.61. The lowest BCUT2D eigenvalue weighted by molar-refractivity contribution is 0.0726. The van der Waals surface area contributed by atoms with Gasteiger partial charge in [-0.05, 0) is 18.6 Å². The maximum atomic E-state index is 6.21. The molecule has 1 aromatic carbocycles. The van der Waals surface area contributed by atoms with Crippen molar-refractivity contribution < 1.29 is 4.74 Å². The first-order valence-corrected chi connectivity index (χ1v) is 7.19. The number of nitrogens with two attached hydrogens (primary N) is 1. The summed E-state index contributed by atoms with van der Waals surface area (Å²) in [6, 6.07) is 8.22. The summed E-state index contributed by atoms with van der Waals surface area (Å²) in [5.41, 5.74) is 7.27. The lowest BCUT2D eigenvalue weighted by atomic mass is 10.0. The summed E-state index contributed by atoms with van der Waals surface area (Å²) in [7, 11) is 1.73. The SMILES string of the molecule is CCCC(OC)C(N)Cc1nc2ccccc2s1. The summed E-state index contributed by atoms with van der Waals surface area (Å²) in [5, 5.41) is 1.10. The second-order valence-electron chi connectivity index (χ2n) is 4.51. The van der Waals surface area contributed by atoms with Crippen LogP contribution in [0.25, 0.3) is 10.2 Å². The van der Waals surface area contributed by atoms with Crippen LogP contribution < -0.4 is 5.73 Å². The predicted molar refractivity (Wildman–Crippen MR) is 77.0 cm³/mol. The molecular weight excluding hydrogens is 244 g/mol. The molecule has 0 amide bonds. The standard InChI is InChI=1S/C14H20N2OS/c1-3-6-12(17-2)10(15)9-14-16-11-7-4-5-8-13(11)18-14/h4-5,7-8,10,12H,3,6,9,15H2,1-2H3. The van der Waals surface area contributed by atoms with Crippen LogP contribution in [0.1, 0.15) is 24.8 Å². The molecule has 2 unspecified atom stereocenters. The van der Waals surface area contributed by atoms with E-state index in [1.165, 1.54) is 4.70 Å². The summed E-state index contributed by atoms with van der Waals surface area (Å²) in [6.07, 6.45) is 3.01. The minimum absolute atomic E-state index is 0.0236. The van der Waals surface area contributed by atoms with Crippen molar-refractivity contribution in [1.29, 1.82) is 0 Å². The zero-order valence-electron chi connectivity index (χ0n) is 10.9. The smallest absolute Gasteiger partial charge is 0.0955 e. The van der Waals surface area contributed by atoms with Crippen molar-refractivity contribution in [3.8, 4) is 0 Å². The van der Waals surface area contributed by atoms with Crippen LogP contribution in [-0.2, 0) is 11.2 Å². The van der Waals surface area contributed by atoms with E-state index < -0.39 is 0 Å². The normalized spacial score (nSPS) is 14.8. The Balaban J connectivity index is 2.08.